The van der Waals surface area contributed by atoms with Gasteiger partial charge in [0.05, 0.1) is 11.7 Å². The summed E-state index contributed by atoms with van der Waals surface area (Å²) in [7, 11) is 1.69. The molecule has 5 heteroatoms. The maximum absolute atomic E-state index is 12.0. The first-order chi connectivity index (χ1) is 9.54. The average molecular weight is 301 g/mol. The van der Waals surface area contributed by atoms with E-state index in [9.17, 15) is 9.90 Å². The summed E-state index contributed by atoms with van der Waals surface area (Å²) in [6, 6.07) is 0. The highest BCUT2D eigenvalue weighted by Crippen LogP contribution is 2.26. The van der Waals surface area contributed by atoms with Gasteiger partial charge in [-0.2, -0.15) is 0 Å². The molecule has 0 saturated carbocycles. The number of hydrogen-bond acceptors (Lipinski definition) is 4. The predicted octanol–water partition coefficient (Wildman–Crippen LogP) is 2.81. The van der Waals surface area contributed by atoms with Crippen LogP contribution in [0.2, 0.25) is 0 Å². The van der Waals surface area contributed by atoms with Crippen molar-refractivity contribution >= 4 is 6.09 Å². The van der Waals surface area contributed by atoms with E-state index < -0.39 is 11.7 Å². The summed E-state index contributed by atoms with van der Waals surface area (Å²) in [5.74, 6) is 0.130. The lowest BCUT2D eigenvalue weighted by molar-refractivity contribution is -0.00435. The van der Waals surface area contributed by atoms with Crippen LogP contribution in [0.25, 0.3) is 0 Å². The van der Waals surface area contributed by atoms with Crippen molar-refractivity contribution in [3.63, 3.8) is 0 Å². The lowest BCUT2D eigenvalue weighted by Crippen LogP contribution is -2.36. The van der Waals surface area contributed by atoms with Crippen LogP contribution in [0.15, 0.2) is 0 Å². The molecule has 0 aliphatic carbocycles. The molecule has 2 unspecified atom stereocenters. The van der Waals surface area contributed by atoms with E-state index in [1.807, 2.05) is 34.6 Å². The molecule has 0 aromatic heterocycles. The van der Waals surface area contributed by atoms with Gasteiger partial charge in [-0.25, -0.2) is 4.79 Å². The Morgan fingerprint density at radius 1 is 1.33 bits per heavy atom. The number of rotatable bonds is 5. The first-order valence-electron chi connectivity index (χ1n) is 7.75. The van der Waals surface area contributed by atoms with Crippen molar-refractivity contribution in [2.24, 2.45) is 5.92 Å². The summed E-state index contributed by atoms with van der Waals surface area (Å²) in [6.07, 6.45) is 1.64. The zero-order valence-electron chi connectivity index (χ0n) is 14.3. The first-order valence-corrected chi connectivity index (χ1v) is 7.75. The molecule has 1 heterocycles. The molecule has 124 valence electrons. The summed E-state index contributed by atoms with van der Waals surface area (Å²) in [6.45, 7) is 10.8. The highest BCUT2D eigenvalue weighted by Gasteiger charge is 2.33. The Balaban J connectivity index is 2.41. The van der Waals surface area contributed by atoms with Crippen LogP contribution in [-0.2, 0) is 9.47 Å². The van der Waals surface area contributed by atoms with Gasteiger partial charge in [-0.1, -0.05) is 0 Å². The normalized spacial score (nSPS) is 21.5. The van der Waals surface area contributed by atoms with Crippen molar-refractivity contribution in [3.05, 3.63) is 0 Å². The van der Waals surface area contributed by atoms with E-state index in [1.54, 1.807) is 12.0 Å². The number of amides is 1. The number of nitrogens with zero attached hydrogens (tertiary/aromatic N) is 1. The summed E-state index contributed by atoms with van der Waals surface area (Å²) >= 11 is 0. The lowest BCUT2D eigenvalue weighted by atomic mass is 9.93. The van der Waals surface area contributed by atoms with Gasteiger partial charge in [-0.15, -0.1) is 0 Å². The lowest BCUT2D eigenvalue weighted by Gasteiger charge is -2.27. The smallest absolute Gasteiger partial charge is 0.410 e. The summed E-state index contributed by atoms with van der Waals surface area (Å²) in [4.78, 5) is 13.7. The van der Waals surface area contributed by atoms with Gasteiger partial charge in [-0.3, -0.25) is 0 Å². The second-order valence-electron chi connectivity index (χ2n) is 7.54. The molecule has 1 saturated heterocycles. The van der Waals surface area contributed by atoms with Crippen LogP contribution in [0.1, 0.15) is 53.9 Å². The highest BCUT2D eigenvalue weighted by molar-refractivity contribution is 5.68. The van der Waals surface area contributed by atoms with Gasteiger partial charge in [-0.05, 0) is 53.9 Å². The van der Waals surface area contributed by atoms with Crippen LogP contribution in [0, 0.1) is 5.92 Å². The zero-order chi connectivity index (χ0) is 16.3. The number of hydrogen-bond donors (Lipinski definition) is 1. The molecule has 1 rings (SSSR count). The fraction of sp³-hybridized carbons (Fsp3) is 0.938. The fourth-order valence-electron chi connectivity index (χ4n) is 2.43. The maximum Gasteiger partial charge on any atom is 0.410 e. The van der Waals surface area contributed by atoms with Gasteiger partial charge in [0.25, 0.3) is 0 Å². The number of ether oxygens (including phenoxy) is 2. The third-order valence-electron chi connectivity index (χ3n) is 4.02. The van der Waals surface area contributed by atoms with E-state index in [-0.39, 0.29) is 17.6 Å². The quantitative estimate of drug-likeness (QED) is 0.848. The van der Waals surface area contributed by atoms with Crippen molar-refractivity contribution in [2.75, 3.05) is 20.2 Å². The Morgan fingerprint density at radius 3 is 2.48 bits per heavy atom. The number of likely N-dealkylation sites (tertiary alicyclic amines) is 1. The van der Waals surface area contributed by atoms with Gasteiger partial charge in [0.15, 0.2) is 0 Å². The standard InChI is InChI=1S/C16H31NO4/c1-15(2,3)21-14(19)17-10-8-12(11-17)13(18)7-9-16(4,5)20-6/h12-13,18H,7-11H2,1-6H3. The molecule has 1 N–H and O–H groups in total. The maximum atomic E-state index is 12.0. The molecule has 0 aromatic carbocycles. The van der Waals surface area contributed by atoms with Crippen molar-refractivity contribution in [2.45, 2.75) is 71.2 Å². The second kappa shape index (κ2) is 6.97. The molecule has 0 radical (unpaired) electrons. The van der Waals surface area contributed by atoms with Crippen molar-refractivity contribution in [3.8, 4) is 0 Å². The minimum absolute atomic E-state index is 0.130. The van der Waals surface area contributed by atoms with E-state index >= 15 is 0 Å². The molecule has 1 fully saturated rings. The number of aliphatic hydroxyl groups excluding tert-OH is 1. The molecule has 21 heavy (non-hydrogen) atoms. The van der Waals surface area contributed by atoms with Gasteiger partial charge >= 0.3 is 6.09 Å². The molecule has 0 bridgehead atoms. The topological polar surface area (TPSA) is 59.0 Å². The van der Waals surface area contributed by atoms with Crippen LogP contribution < -0.4 is 0 Å². The largest absolute Gasteiger partial charge is 0.444 e. The zero-order valence-corrected chi connectivity index (χ0v) is 14.3. The molecular weight excluding hydrogens is 270 g/mol. The van der Waals surface area contributed by atoms with Gasteiger partial charge in [0.2, 0.25) is 0 Å². The molecule has 1 aliphatic rings. The van der Waals surface area contributed by atoms with Crippen LogP contribution in [-0.4, -0.2) is 53.6 Å². The number of carbonyl (C=O) groups is 1. The minimum atomic E-state index is -0.476. The highest BCUT2D eigenvalue weighted by atomic mass is 16.6. The Bertz CT molecular complexity index is 349. The summed E-state index contributed by atoms with van der Waals surface area (Å²) in [5.41, 5.74) is -0.694. The molecular formula is C16H31NO4. The molecule has 1 amide bonds. The Hall–Kier alpha value is -0.810. The van der Waals surface area contributed by atoms with Crippen molar-refractivity contribution < 1.29 is 19.4 Å². The van der Waals surface area contributed by atoms with Crippen LogP contribution >= 0.6 is 0 Å². The number of methoxy groups -OCH3 is 1. The van der Waals surface area contributed by atoms with Crippen LogP contribution in [0.5, 0.6) is 0 Å². The van der Waals surface area contributed by atoms with E-state index in [0.29, 0.717) is 19.5 Å². The summed E-state index contributed by atoms with van der Waals surface area (Å²) < 4.78 is 10.7. The molecule has 0 spiro atoms. The summed E-state index contributed by atoms with van der Waals surface area (Å²) in [5, 5.41) is 10.3. The van der Waals surface area contributed by atoms with Crippen LogP contribution in [0.3, 0.4) is 0 Å². The number of carbonyl (C=O) groups excluding carboxylic acids is 1. The van der Waals surface area contributed by atoms with E-state index in [1.165, 1.54) is 0 Å². The number of aliphatic hydroxyl groups is 1. The molecule has 0 aromatic rings. The average Bonchev–Trinajstić information content (AvgIpc) is 2.83. The van der Waals surface area contributed by atoms with Gasteiger partial charge < -0.3 is 19.5 Å². The van der Waals surface area contributed by atoms with Crippen LogP contribution in [0.4, 0.5) is 4.79 Å². The van der Waals surface area contributed by atoms with Crippen molar-refractivity contribution in [1.82, 2.24) is 4.90 Å². The predicted molar refractivity (Wildman–Crippen MR) is 82.2 cm³/mol. The second-order valence-corrected chi connectivity index (χ2v) is 7.54. The first kappa shape index (κ1) is 18.2. The third kappa shape index (κ3) is 6.22. The monoisotopic (exact) mass is 301 g/mol. The fourth-order valence-corrected chi connectivity index (χ4v) is 2.43. The van der Waals surface area contributed by atoms with Crippen molar-refractivity contribution in [1.29, 1.82) is 0 Å². The molecule has 1 aliphatic heterocycles. The molecule has 5 nitrogen and oxygen atoms in total. The van der Waals surface area contributed by atoms with Gasteiger partial charge in [0.1, 0.15) is 5.60 Å². The van der Waals surface area contributed by atoms with E-state index in [0.717, 1.165) is 12.8 Å². The third-order valence-corrected chi connectivity index (χ3v) is 4.02. The van der Waals surface area contributed by atoms with E-state index in [4.69, 9.17) is 9.47 Å². The van der Waals surface area contributed by atoms with Gasteiger partial charge in [0, 0.05) is 26.1 Å². The van der Waals surface area contributed by atoms with E-state index in [2.05, 4.69) is 0 Å². The Kier molecular flexibility index (Phi) is 6.05. The SMILES string of the molecule is COC(C)(C)CCC(O)C1CCN(C(=O)OC(C)(C)C)C1. The molecule has 2 atom stereocenters. The Labute approximate surface area is 128 Å². The Morgan fingerprint density at radius 2 is 1.95 bits per heavy atom. The minimum Gasteiger partial charge on any atom is -0.444 e.